The highest BCUT2D eigenvalue weighted by molar-refractivity contribution is 5.81. The molecule has 2 aromatic rings. The van der Waals surface area contributed by atoms with E-state index in [0.717, 1.165) is 18.0 Å². The standard InChI is InChI=1S/C17H23N5O3.C2H4O2/c1-8-13(10-5-18-6-11(10)15(24)14(8)23)17(25)20-7-12-9-3-2-4-19-16(9)22-21-12;1-2(3)4/h2-4,8,10-11,13-15,18,23-24H,5-7H2,1H3,(H,20,25)(H,19,21,22);1H3,(H,3,4)/t8-,10+,11+,13+,14+,15+;/m1./s1. The van der Waals surface area contributed by atoms with Crippen LogP contribution in [0.3, 0.4) is 0 Å². The smallest absolute Gasteiger partial charge is 0.300 e. The zero-order valence-corrected chi connectivity index (χ0v) is 16.4. The highest BCUT2D eigenvalue weighted by Gasteiger charge is 2.52. The fraction of sp³-hybridized carbons (Fsp3) is 0.579. The molecule has 0 bridgehead atoms. The average Bonchev–Trinajstić information content (AvgIpc) is 3.31. The number of carbonyl (C=O) groups excluding carboxylic acids is 1. The second kappa shape index (κ2) is 8.85. The number of carboxylic acid groups (broad SMARTS) is 1. The molecule has 1 aliphatic carbocycles. The Morgan fingerprint density at radius 3 is 2.66 bits per heavy atom. The number of rotatable bonds is 3. The molecule has 6 atom stereocenters. The van der Waals surface area contributed by atoms with E-state index >= 15 is 0 Å². The molecular weight excluding hydrogens is 378 g/mol. The van der Waals surface area contributed by atoms with Gasteiger partial charge in [0.15, 0.2) is 5.65 Å². The number of carbonyl (C=O) groups is 2. The molecule has 1 saturated heterocycles. The number of hydrogen-bond acceptors (Lipinski definition) is 7. The van der Waals surface area contributed by atoms with Crippen LogP contribution in [-0.4, -0.2) is 67.7 Å². The molecule has 158 valence electrons. The molecule has 4 rings (SSSR count). The fourth-order valence-electron chi connectivity index (χ4n) is 4.42. The molecule has 0 aromatic carbocycles. The van der Waals surface area contributed by atoms with Gasteiger partial charge in [0.1, 0.15) is 0 Å². The van der Waals surface area contributed by atoms with Gasteiger partial charge in [-0.2, -0.15) is 5.10 Å². The Hall–Kier alpha value is -2.56. The molecule has 0 radical (unpaired) electrons. The summed E-state index contributed by atoms with van der Waals surface area (Å²) in [5.74, 6) is -1.60. The number of aliphatic carboxylic acids is 1. The summed E-state index contributed by atoms with van der Waals surface area (Å²) in [6, 6.07) is 3.74. The number of fused-ring (bicyclic) bond motifs is 2. The van der Waals surface area contributed by atoms with Crippen molar-refractivity contribution >= 4 is 22.9 Å². The largest absolute Gasteiger partial charge is 0.481 e. The number of amides is 1. The maximum Gasteiger partial charge on any atom is 0.300 e. The molecular formula is C19H27N5O5. The van der Waals surface area contributed by atoms with Crippen LogP contribution in [-0.2, 0) is 16.1 Å². The van der Waals surface area contributed by atoms with E-state index in [0.29, 0.717) is 25.3 Å². The second-order valence-corrected chi connectivity index (χ2v) is 7.67. The van der Waals surface area contributed by atoms with Gasteiger partial charge in [-0.15, -0.1) is 0 Å². The fourth-order valence-corrected chi connectivity index (χ4v) is 4.42. The van der Waals surface area contributed by atoms with Gasteiger partial charge in [0.05, 0.1) is 24.4 Å². The van der Waals surface area contributed by atoms with E-state index in [4.69, 9.17) is 9.90 Å². The number of aromatic amines is 1. The third-order valence-electron chi connectivity index (χ3n) is 5.82. The van der Waals surface area contributed by atoms with E-state index in [1.165, 1.54) is 0 Å². The van der Waals surface area contributed by atoms with Crippen LogP contribution < -0.4 is 10.6 Å². The zero-order valence-electron chi connectivity index (χ0n) is 16.4. The highest BCUT2D eigenvalue weighted by Crippen LogP contribution is 2.41. The number of aliphatic hydroxyl groups is 2. The minimum Gasteiger partial charge on any atom is -0.481 e. The van der Waals surface area contributed by atoms with Crippen molar-refractivity contribution < 1.29 is 24.9 Å². The van der Waals surface area contributed by atoms with E-state index in [9.17, 15) is 15.0 Å². The van der Waals surface area contributed by atoms with Crippen LogP contribution in [0.5, 0.6) is 0 Å². The minimum atomic E-state index is -0.880. The van der Waals surface area contributed by atoms with Crippen LogP contribution in [0.15, 0.2) is 18.3 Å². The van der Waals surface area contributed by atoms with Crippen molar-refractivity contribution in [3.63, 3.8) is 0 Å². The molecule has 10 nitrogen and oxygen atoms in total. The first kappa shape index (κ1) is 21.2. The van der Waals surface area contributed by atoms with Crippen molar-refractivity contribution in [1.29, 1.82) is 0 Å². The minimum absolute atomic E-state index is 0.0357. The van der Waals surface area contributed by atoms with E-state index < -0.39 is 18.2 Å². The van der Waals surface area contributed by atoms with E-state index in [-0.39, 0.29) is 29.6 Å². The number of aliphatic hydroxyl groups excluding tert-OH is 2. The van der Waals surface area contributed by atoms with Gasteiger partial charge in [-0.1, -0.05) is 6.92 Å². The highest BCUT2D eigenvalue weighted by atomic mass is 16.4. The quantitative estimate of drug-likeness (QED) is 0.398. The lowest BCUT2D eigenvalue weighted by molar-refractivity contribution is -0.146. The van der Waals surface area contributed by atoms with Gasteiger partial charge in [0.25, 0.3) is 5.97 Å². The number of aromatic nitrogens is 3. The molecule has 10 heteroatoms. The Morgan fingerprint density at radius 1 is 1.24 bits per heavy atom. The molecule has 2 fully saturated rings. The summed E-state index contributed by atoms with van der Waals surface area (Å²) in [5.41, 5.74) is 1.43. The normalized spacial score (nSPS) is 30.9. The Balaban J connectivity index is 0.000000552. The van der Waals surface area contributed by atoms with Crippen molar-refractivity contribution in [2.24, 2.45) is 23.7 Å². The van der Waals surface area contributed by atoms with Crippen LogP contribution in [0.1, 0.15) is 19.5 Å². The van der Waals surface area contributed by atoms with Crippen molar-refractivity contribution in [3.8, 4) is 0 Å². The lowest BCUT2D eigenvalue weighted by Crippen LogP contribution is -2.55. The van der Waals surface area contributed by atoms with E-state index in [1.807, 2.05) is 19.1 Å². The summed E-state index contributed by atoms with van der Waals surface area (Å²) in [4.78, 5) is 26.0. The van der Waals surface area contributed by atoms with Crippen molar-refractivity contribution in [2.75, 3.05) is 13.1 Å². The summed E-state index contributed by atoms with van der Waals surface area (Å²) in [6.45, 7) is 4.57. The summed E-state index contributed by atoms with van der Waals surface area (Å²) < 4.78 is 0. The summed E-state index contributed by atoms with van der Waals surface area (Å²) >= 11 is 0. The summed E-state index contributed by atoms with van der Waals surface area (Å²) in [6.07, 6.45) is 0.0191. The van der Waals surface area contributed by atoms with Crippen molar-refractivity contribution in [3.05, 3.63) is 24.0 Å². The number of hydrogen-bond donors (Lipinski definition) is 6. The zero-order chi connectivity index (χ0) is 21.1. The van der Waals surface area contributed by atoms with Gasteiger partial charge in [-0.05, 0) is 30.5 Å². The van der Waals surface area contributed by atoms with Gasteiger partial charge in [0.2, 0.25) is 5.91 Å². The first-order valence-corrected chi connectivity index (χ1v) is 9.63. The molecule has 29 heavy (non-hydrogen) atoms. The lowest BCUT2D eigenvalue weighted by Gasteiger charge is -2.43. The SMILES string of the molecule is CC(=O)O.C[C@H]1[C@H](O)[C@@H](O)[C@H]2CNC[C@@H]2[C@H]1C(=O)NCc1[nH]nc2ncccc12. The molecule has 2 aliphatic rings. The molecule has 1 aliphatic heterocycles. The van der Waals surface area contributed by atoms with Crippen LogP contribution in [0.4, 0.5) is 0 Å². The number of nitrogens with one attached hydrogen (secondary N) is 3. The second-order valence-electron chi connectivity index (χ2n) is 7.67. The molecule has 0 unspecified atom stereocenters. The molecule has 1 amide bonds. The third-order valence-corrected chi connectivity index (χ3v) is 5.82. The third kappa shape index (κ3) is 4.39. The van der Waals surface area contributed by atoms with Gasteiger partial charge in [-0.3, -0.25) is 14.7 Å². The van der Waals surface area contributed by atoms with E-state index in [2.05, 4.69) is 25.8 Å². The lowest BCUT2D eigenvalue weighted by atomic mass is 9.65. The molecule has 2 aromatic heterocycles. The maximum atomic E-state index is 12.9. The van der Waals surface area contributed by atoms with Crippen LogP contribution in [0.2, 0.25) is 0 Å². The monoisotopic (exact) mass is 405 g/mol. The number of H-pyrrole nitrogens is 1. The number of nitrogens with zero attached hydrogens (tertiary/aromatic N) is 2. The van der Waals surface area contributed by atoms with Crippen LogP contribution in [0.25, 0.3) is 11.0 Å². The first-order chi connectivity index (χ1) is 13.8. The average molecular weight is 405 g/mol. The van der Waals surface area contributed by atoms with E-state index in [1.54, 1.807) is 6.20 Å². The number of carboxylic acids is 1. The van der Waals surface area contributed by atoms with Crippen LogP contribution >= 0.6 is 0 Å². The topological polar surface area (TPSA) is 160 Å². The molecule has 6 N–H and O–H groups in total. The Bertz CT molecular complexity index is 868. The van der Waals surface area contributed by atoms with Gasteiger partial charge >= 0.3 is 0 Å². The van der Waals surface area contributed by atoms with Crippen molar-refractivity contribution in [1.82, 2.24) is 25.8 Å². The van der Waals surface area contributed by atoms with Crippen LogP contribution in [0, 0.1) is 23.7 Å². The summed E-state index contributed by atoms with van der Waals surface area (Å²) in [5, 5.41) is 42.2. The molecule has 1 saturated carbocycles. The molecule has 0 spiro atoms. The Labute approximate surface area is 167 Å². The Morgan fingerprint density at radius 2 is 1.93 bits per heavy atom. The van der Waals surface area contributed by atoms with Gasteiger partial charge in [-0.25, -0.2) is 4.98 Å². The first-order valence-electron chi connectivity index (χ1n) is 9.63. The number of pyridine rings is 1. The predicted molar refractivity (Wildman–Crippen MR) is 104 cm³/mol. The van der Waals surface area contributed by atoms with Gasteiger partial charge in [0, 0.05) is 36.9 Å². The van der Waals surface area contributed by atoms with Crippen molar-refractivity contribution in [2.45, 2.75) is 32.6 Å². The maximum absolute atomic E-state index is 12.9. The molecule has 3 heterocycles. The van der Waals surface area contributed by atoms with Gasteiger partial charge < -0.3 is 26.0 Å². The summed E-state index contributed by atoms with van der Waals surface area (Å²) in [7, 11) is 0. The predicted octanol–water partition coefficient (Wildman–Crippen LogP) is -0.512. The Kier molecular flexibility index (Phi) is 6.46.